The van der Waals surface area contributed by atoms with Crippen LogP contribution in [0.1, 0.15) is 17.5 Å². The van der Waals surface area contributed by atoms with Crippen LogP contribution in [0.2, 0.25) is 0 Å². The highest BCUT2D eigenvalue weighted by molar-refractivity contribution is 5.52. The maximum Gasteiger partial charge on any atom is 0.416 e. The molecule has 0 amide bonds. The molecule has 0 radical (unpaired) electrons. The molecular formula is C10H9F3O2. The van der Waals surface area contributed by atoms with Gasteiger partial charge in [0, 0.05) is 12.0 Å². The third-order valence-electron chi connectivity index (χ3n) is 1.97. The van der Waals surface area contributed by atoms with Crippen LogP contribution < -0.4 is 0 Å². The fourth-order valence-electron chi connectivity index (χ4n) is 1.31. The summed E-state index contributed by atoms with van der Waals surface area (Å²) in [5, 5.41) is 9.27. The lowest BCUT2D eigenvalue weighted by Crippen LogP contribution is -2.09. The number of carbonyl (C=O) groups excluding carboxylic acids is 1. The van der Waals surface area contributed by atoms with Gasteiger partial charge in [0.15, 0.2) is 0 Å². The van der Waals surface area contributed by atoms with Crippen LogP contribution in [0.5, 0.6) is 5.75 Å². The number of benzene rings is 1. The fourth-order valence-corrected chi connectivity index (χ4v) is 1.31. The predicted octanol–water partition coefficient (Wildman–Crippen LogP) is 2.54. The minimum atomic E-state index is -4.50. The molecule has 1 N–H and O–H groups in total. The summed E-state index contributed by atoms with van der Waals surface area (Å²) in [5.41, 5.74) is -1.11. The Labute approximate surface area is 84.3 Å². The number of phenols is 1. The number of hydrogen-bond acceptors (Lipinski definition) is 2. The second-order valence-corrected chi connectivity index (χ2v) is 3.01. The van der Waals surface area contributed by atoms with Gasteiger partial charge in [0.25, 0.3) is 0 Å². The van der Waals surface area contributed by atoms with Gasteiger partial charge in [-0.2, -0.15) is 13.2 Å². The smallest absolute Gasteiger partial charge is 0.416 e. The molecule has 0 aromatic heterocycles. The molecule has 0 fully saturated rings. The lowest BCUT2D eigenvalue weighted by Gasteiger charge is -2.13. The summed E-state index contributed by atoms with van der Waals surface area (Å²) in [6.07, 6.45) is -4.13. The van der Waals surface area contributed by atoms with Crippen LogP contribution in [0, 0.1) is 0 Å². The van der Waals surface area contributed by atoms with Gasteiger partial charge in [0.1, 0.15) is 12.0 Å². The first-order valence-electron chi connectivity index (χ1n) is 4.28. The van der Waals surface area contributed by atoms with Crippen molar-refractivity contribution in [3.8, 4) is 5.75 Å². The maximum atomic E-state index is 12.5. The van der Waals surface area contributed by atoms with E-state index in [4.69, 9.17) is 0 Å². The van der Waals surface area contributed by atoms with Crippen LogP contribution >= 0.6 is 0 Å². The zero-order chi connectivity index (χ0) is 11.5. The summed E-state index contributed by atoms with van der Waals surface area (Å²) < 4.78 is 37.4. The van der Waals surface area contributed by atoms with Crippen molar-refractivity contribution in [2.45, 2.75) is 19.0 Å². The first-order valence-corrected chi connectivity index (χ1v) is 4.28. The van der Waals surface area contributed by atoms with Crippen LogP contribution in [0.15, 0.2) is 18.2 Å². The van der Waals surface area contributed by atoms with Crippen molar-refractivity contribution in [2.24, 2.45) is 0 Å². The quantitative estimate of drug-likeness (QED) is 0.791. The van der Waals surface area contributed by atoms with E-state index >= 15 is 0 Å². The first-order chi connectivity index (χ1) is 6.96. The van der Waals surface area contributed by atoms with Crippen LogP contribution in [0.25, 0.3) is 0 Å². The summed E-state index contributed by atoms with van der Waals surface area (Å²) in [5.74, 6) is -0.424. The summed E-state index contributed by atoms with van der Waals surface area (Å²) in [6.45, 7) is 0. The van der Waals surface area contributed by atoms with Gasteiger partial charge in [0.05, 0.1) is 5.56 Å². The van der Waals surface area contributed by atoms with Crippen molar-refractivity contribution in [2.75, 3.05) is 0 Å². The molecule has 0 saturated carbocycles. The zero-order valence-electron chi connectivity index (χ0n) is 7.71. The number of alkyl halides is 3. The van der Waals surface area contributed by atoms with E-state index in [9.17, 15) is 23.1 Å². The predicted molar refractivity (Wildman–Crippen MR) is 47.5 cm³/mol. The number of carbonyl (C=O) groups is 1. The summed E-state index contributed by atoms with van der Waals surface area (Å²) in [6, 6.07) is 3.19. The van der Waals surface area contributed by atoms with Crippen molar-refractivity contribution in [1.82, 2.24) is 0 Å². The van der Waals surface area contributed by atoms with Gasteiger partial charge < -0.3 is 9.90 Å². The molecule has 5 heteroatoms. The fraction of sp³-hybridized carbons (Fsp3) is 0.300. The van der Waals surface area contributed by atoms with Crippen LogP contribution in [0.3, 0.4) is 0 Å². The van der Waals surface area contributed by atoms with E-state index in [0.29, 0.717) is 6.29 Å². The highest BCUT2D eigenvalue weighted by atomic mass is 19.4. The lowest BCUT2D eigenvalue weighted by atomic mass is 10.0. The SMILES string of the molecule is O=CCCc1c(O)cccc1C(F)(F)F. The molecule has 15 heavy (non-hydrogen) atoms. The van der Waals surface area contributed by atoms with Gasteiger partial charge in [-0.1, -0.05) is 6.07 Å². The summed E-state index contributed by atoms with van der Waals surface area (Å²) in [7, 11) is 0. The number of aromatic hydroxyl groups is 1. The van der Waals surface area contributed by atoms with Gasteiger partial charge in [-0.15, -0.1) is 0 Å². The van der Waals surface area contributed by atoms with E-state index in [0.717, 1.165) is 12.1 Å². The van der Waals surface area contributed by atoms with Crippen molar-refractivity contribution in [3.63, 3.8) is 0 Å². The Hall–Kier alpha value is -1.52. The molecule has 0 aliphatic rings. The average Bonchev–Trinajstić information content (AvgIpc) is 2.14. The Bertz CT molecular complexity index is 358. The molecule has 0 spiro atoms. The monoisotopic (exact) mass is 218 g/mol. The van der Waals surface area contributed by atoms with E-state index in [2.05, 4.69) is 0 Å². The third-order valence-corrected chi connectivity index (χ3v) is 1.97. The van der Waals surface area contributed by atoms with Crippen LogP contribution in [-0.4, -0.2) is 11.4 Å². The van der Waals surface area contributed by atoms with Gasteiger partial charge in [0.2, 0.25) is 0 Å². The standard InChI is InChI=1S/C10H9F3O2/c11-10(12,13)8-4-1-5-9(15)7(8)3-2-6-14/h1,4-6,15H,2-3H2. The normalized spacial score (nSPS) is 11.4. The van der Waals surface area contributed by atoms with E-state index in [1.54, 1.807) is 0 Å². The Morgan fingerprint density at radius 1 is 1.33 bits per heavy atom. The Kier molecular flexibility index (Phi) is 3.34. The molecule has 0 bridgehead atoms. The molecule has 0 aliphatic carbocycles. The van der Waals surface area contributed by atoms with E-state index < -0.39 is 17.5 Å². The average molecular weight is 218 g/mol. The molecule has 0 saturated heterocycles. The minimum absolute atomic E-state index is 0.0410. The minimum Gasteiger partial charge on any atom is -0.508 e. The van der Waals surface area contributed by atoms with E-state index in [1.165, 1.54) is 6.07 Å². The molecule has 0 atom stereocenters. The summed E-state index contributed by atoms with van der Waals surface area (Å²) in [4.78, 5) is 10.1. The topological polar surface area (TPSA) is 37.3 Å². The Morgan fingerprint density at radius 2 is 2.00 bits per heavy atom. The van der Waals surface area contributed by atoms with Crippen molar-refractivity contribution >= 4 is 6.29 Å². The molecule has 1 aromatic carbocycles. The molecule has 1 rings (SSSR count). The van der Waals surface area contributed by atoms with Gasteiger partial charge in [-0.05, 0) is 18.6 Å². The second kappa shape index (κ2) is 4.33. The van der Waals surface area contributed by atoms with Crippen LogP contribution in [0.4, 0.5) is 13.2 Å². The van der Waals surface area contributed by atoms with Gasteiger partial charge in [-0.3, -0.25) is 0 Å². The Balaban J connectivity index is 3.14. The molecule has 82 valence electrons. The van der Waals surface area contributed by atoms with E-state index in [1.807, 2.05) is 0 Å². The van der Waals surface area contributed by atoms with Gasteiger partial charge >= 0.3 is 6.18 Å². The van der Waals surface area contributed by atoms with Crippen molar-refractivity contribution < 1.29 is 23.1 Å². The number of halogens is 3. The first kappa shape index (κ1) is 11.6. The zero-order valence-corrected chi connectivity index (χ0v) is 7.71. The molecular weight excluding hydrogens is 209 g/mol. The molecule has 1 aromatic rings. The van der Waals surface area contributed by atoms with E-state index in [-0.39, 0.29) is 18.4 Å². The third kappa shape index (κ3) is 2.71. The lowest BCUT2D eigenvalue weighted by molar-refractivity contribution is -0.138. The summed E-state index contributed by atoms with van der Waals surface area (Å²) >= 11 is 0. The molecule has 0 aliphatic heterocycles. The molecule has 0 unspecified atom stereocenters. The molecule has 2 nitrogen and oxygen atoms in total. The Morgan fingerprint density at radius 3 is 2.53 bits per heavy atom. The highest BCUT2D eigenvalue weighted by Crippen LogP contribution is 2.35. The number of phenolic OH excluding ortho intramolecular Hbond substituents is 1. The molecule has 0 heterocycles. The largest absolute Gasteiger partial charge is 0.508 e. The number of hydrogen-bond donors (Lipinski definition) is 1. The number of aldehydes is 1. The number of rotatable bonds is 3. The van der Waals surface area contributed by atoms with Crippen molar-refractivity contribution in [1.29, 1.82) is 0 Å². The highest BCUT2D eigenvalue weighted by Gasteiger charge is 2.33. The van der Waals surface area contributed by atoms with Gasteiger partial charge in [-0.25, -0.2) is 0 Å². The maximum absolute atomic E-state index is 12.5. The van der Waals surface area contributed by atoms with Crippen LogP contribution in [-0.2, 0) is 17.4 Å². The second-order valence-electron chi connectivity index (χ2n) is 3.01. The van der Waals surface area contributed by atoms with Crippen molar-refractivity contribution in [3.05, 3.63) is 29.3 Å².